The number of furan rings is 1. The highest BCUT2D eigenvalue weighted by Gasteiger charge is 2.20. The molecule has 0 amide bonds. The number of morpholine rings is 2. The third-order valence-electron chi connectivity index (χ3n) is 5.37. The molecule has 0 radical (unpaired) electrons. The Hall–Kier alpha value is -4.03. The van der Waals surface area contributed by atoms with Crippen molar-refractivity contribution in [2.24, 2.45) is 5.10 Å². The number of ether oxygens (including phenoxy) is 3. The summed E-state index contributed by atoms with van der Waals surface area (Å²) in [7, 11) is 0. The molecule has 2 aliphatic heterocycles. The molecule has 2 fully saturated rings. The topological polar surface area (TPSA) is 127 Å². The van der Waals surface area contributed by atoms with Gasteiger partial charge < -0.3 is 28.4 Å². The summed E-state index contributed by atoms with van der Waals surface area (Å²) in [5.41, 5.74) is 3.62. The van der Waals surface area contributed by atoms with Crippen LogP contribution in [0.3, 0.4) is 0 Å². The predicted octanol–water partition coefficient (Wildman–Crippen LogP) is 1.80. The van der Waals surface area contributed by atoms with Gasteiger partial charge in [0.25, 0.3) is 0 Å². The number of carbonyl (C=O) groups excluding carboxylic acids is 1. The molecule has 0 unspecified atom stereocenters. The van der Waals surface area contributed by atoms with Gasteiger partial charge >= 0.3 is 5.97 Å². The van der Waals surface area contributed by atoms with Crippen LogP contribution in [0.1, 0.15) is 16.1 Å². The average Bonchev–Trinajstić information content (AvgIpc) is 3.45. The molecular formula is C23H25N7O5. The fourth-order valence-corrected chi connectivity index (χ4v) is 3.59. The van der Waals surface area contributed by atoms with Gasteiger partial charge in [-0.15, -0.1) is 0 Å². The number of aromatic nitrogens is 3. The van der Waals surface area contributed by atoms with Crippen molar-refractivity contribution in [2.45, 2.75) is 0 Å². The highest BCUT2D eigenvalue weighted by atomic mass is 16.5. The van der Waals surface area contributed by atoms with Gasteiger partial charge in [-0.1, -0.05) is 12.1 Å². The largest absolute Gasteiger partial charge is 0.457 e. The van der Waals surface area contributed by atoms with E-state index in [1.54, 1.807) is 36.5 Å². The standard InChI is InChI=1S/C23H25N7O5/c31-20(19-5-2-10-34-19)35-18-4-1-3-17(15-18)16-24-28-21-25-22(29-6-11-32-12-7-29)27-23(26-21)30-8-13-33-14-9-30/h1-5,10,15-16H,6-9,11-14H2,(H,25,26,27,28). The third-order valence-corrected chi connectivity index (χ3v) is 5.37. The molecule has 0 atom stereocenters. The van der Waals surface area contributed by atoms with Crippen molar-refractivity contribution >= 4 is 30.0 Å². The third kappa shape index (κ3) is 5.91. The summed E-state index contributed by atoms with van der Waals surface area (Å²) in [5, 5.41) is 4.28. The number of anilines is 3. The SMILES string of the molecule is O=C(Oc1cccc(C=NNc2nc(N3CCOCC3)nc(N3CCOCC3)n2)c1)c1ccco1. The fourth-order valence-electron chi connectivity index (χ4n) is 3.59. The molecule has 0 bridgehead atoms. The lowest BCUT2D eigenvalue weighted by molar-refractivity contribution is 0.0701. The Kier molecular flexibility index (Phi) is 7.10. The molecule has 35 heavy (non-hydrogen) atoms. The van der Waals surface area contributed by atoms with Crippen LogP contribution in [0.25, 0.3) is 0 Å². The smallest absolute Gasteiger partial charge is 0.379 e. The minimum absolute atomic E-state index is 0.132. The van der Waals surface area contributed by atoms with Gasteiger partial charge in [0, 0.05) is 26.2 Å². The van der Waals surface area contributed by atoms with Crippen LogP contribution in [-0.4, -0.2) is 79.7 Å². The first-order valence-electron chi connectivity index (χ1n) is 11.3. The van der Waals surface area contributed by atoms with E-state index in [0.717, 1.165) is 5.56 Å². The molecule has 1 N–H and O–H groups in total. The summed E-state index contributed by atoms with van der Waals surface area (Å²) in [4.78, 5) is 30.0. The van der Waals surface area contributed by atoms with Crippen LogP contribution in [0.4, 0.5) is 17.8 Å². The first-order chi connectivity index (χ1) is 17.2. The van der Waals surface area contributed by atoms with E-state index >= 15 is 0 Å². The highest BCUT2D eigenvalue weighted by molar-refractivity contribution is 5.88. The summed E-state index contributed by atoms with van der Waals surface area (Å²) >= 11 is 0. The molecule has 0 aliphatic carbocycles. The zero-order valence-corrected chi connectivity index (χ0v) is 19.0. The molecule has 2 aromatic heterocycles. The molecular weight excluding hydrogens is 454 g/mol. The molecule has 12 nitrogen and oxygen atoms in total. The Morgan fingerprint density at radius 2 is 1.63 bits per heavy atom. The maximum absolute atomic E-state index is 12.1. The van der Waals surface area contributed by atoms with Crippen molar-refractivity contribution in [3.63, 3.8) is 0 Å². The van der Waals surface area contributed by atoms with Gasteiger partial charge in [0.05, 0.1) is 38.9 Å². The van der Waals surface area contributed by atoms with Crippen molar-refractivity contribution in [1.29, 1.82) is 0 Å². The van der Waals surface area contributed by atoms with Crippen molar-refractivity contribution in [3.05, 3.63) is 54.0 Å². The van der Waals surface area contributed by atoms with E-state index in [2.05, 4.69) is 35.3 Å². The second kappa shape index (κ2) is 10.9. The lowest BCUT2D eigenvalue weighted by Gasteiger charge is -2.30. The van der Waals surface area contributed by atoms with Crippen LogP contribution in [-0.2, 0) is 9.47 Å². The molecule has 4 heterocycles. The van der Waals surface area contributed by atoms with Crippen LogP contribution >= 0.6 is 0 Å². The molecule has 2 saturated heterocycles. The van der Waals surface area contributed by atoms with E-state index in [9.17, 15) is 4.79 Å². The number of hydrazone groups is 1. The molecule has 5 rings (SSSR count). The fraction of sp³-hybridized carbons (Fsp3) is 0.348. The van der Waals surface area contributed by atoms with Crippen molar-refractivity contribution in [1.82, 2.24) is 15.0 Å². The Morgan fingerprint density at radius 1 is 0.943 bits per heavy atom. The van der Waals surface area contributed by atoms with Crippen LogP contribution in [0.5, 0.6) is 5.75 Å². The first kappa shape index (κ1) is 22.7. The average molecular weight is 479 g/mol. The number of hydrogen-bond donors (Lipinski definition) is 1. The number of hydrogen-bond acceptors (Lipinski definition) is 12. The number of benzene rings is 1. The molecule has 0 spiro atoms. The number of rotatable bonds is 7. The van der Waals surface area contributed by atoms with Gasteiger partial charge in [-0.3, -0.25) is 0 Å². The van der Waals surface area contributed by atoms with Gasteiger partial charge in [0.1, 0.15) is 5.75 Å². The highest BCUT2D eigenvalue weighted by Crippen LogP contribution is 2.19. The summed E-state index contributed by atoms with van der Waals surface area (Å²) in [6.45, 7) is 5.33. The minimum atomic E-state index is -0.571. The Balaban J connectivity index is 1.30. The van der Waals surface area contributed by atoms with Gasteiger partial charge in [-0.2, -0.15) is 20.1 Å². The van der Waals surface area contributed by atoms with E-state index < -0.39 is 5.97 Å². The monoisotopic (exact) mass is 479 g/mol. The summed E-state index contributed by atoms with van der Waals surface area (Å²) in [6.07, 6.45) is 3.01. The second-order valence-electron chi connectivity index (χ2n) is 7.77. The second-order valence-corrected chi connectivity index (χ2v) is 7.77. The maximum atomic E-state index is 12.1. The molecule has 182 valence electrons. The molecule has 1 aromatic carbocycles. The lowest BCUT2D eigenvalue weighted by Crippen LogP contribution is -2.40. The number of esters is 1. The summed E-state index contributed by atoms with van der Waals surface area (Å²) < 4.78 is 21.3. The van der Waals surface area contributed by atoms with Crippen molar-refractivity contribution in [2.75, 3.05) is 67.8 Å². The van der Waals surface area contributed by atoms with Crippen LogP contribution in [0.2, 0.25) is 0 Å². The van der Waals surface area contributed by atoms with Gasteiger partial charge in [0.2, 0.25) is 23.6 Å². The molecule has 0 saturated carbocycles. The zero-order chi connectivity index (χ0) is 23.9. The molecule has 12 heteroatoms. The quantitative estimate of drug-likeness (QED) is 0.231. The van der Waals surface area contributed by atoms with Crippen LogP contribution in [0.15, 0.2) is 52.2 Å². The van der Waals surface area contributed by atoms with E-state index in [4.69, 9.17) is 18.6 Å². The number of carbonyl (C=O) groups is 1. The number of nitrogens with one attached hydrogen (secondary N) is 1. The molecule has 2 aliphatic rings. The first-order valence-corrected chi connectivity index (χ1v) is 11.3. The van der Waals surface area contributed by atoms with E-state index in [-0.39, 0.29) is 5.76 Å². The Morgan fingerprint density at radius 3 is 2.26 bits per heavy atom. The normalized spacial score (nSPS) is 16.5. The van der Waals surface area contributed by atoms with Gasteiger partial charge in [-0.25, -0.2) is 10.2 Å². The van der Waals surface area contributed by atoms with E-state index in [1.165, 1.54) is 6.26 Å². The van der Waals surface area contributed by atoms with Crippen LogP contribution < -0.4 is 20.0 Å². The van der Waals surface area contributed by atoms with Crippen molar-refractivity contribution in [3.8, 4) is 5.75 Å². The number of nitrogens with zero attached hydrogens (tertiary/aromatic N) is 6. The Labute approximate surface area is 201 Å². The predicted molar refractivity (Wildman–Crippen MR) is 127 cm³/mol. The minimum Gasteiger partial charge on any atom is -0.457 e. The van der Waals surface area contributed by atoms with Crippen LogP contribution in [0, 0.1) is 0 Å². The van der Waals surface area contributed by atoms with E-state index in [1.807, 2.05) is 6.07 Å². The zero-order valence-electron chi connectivity index (χ0n) is 19.0. The van der Waals surface area contributed by atoms with Crippen molar-refractivity contribution < 1.29 is 23.4 Å². The van der Waals surface area contributed by atoms with Gasteiger partial charge in [0.15, 0.2) is 0 Å². The Bertz CT molecular complexity index is 1120. The lowest BCUT2D eigenvalue weighted by atomic mass is 10.2. The van der Waals surface area contributed by atoms with Gasteiger partial charge in [-0.05, 0) is 29.8 Å². The maximum Gasteiger partial charge on any atom is 0.379 e. The van der Waals surface area contributed by atoms with E-state index in [0.29, 0.717) is 76.2 Å². The summed E-state index contributed by atoms with van der Waals surface area (Å²) in [5.74, 6) is 1.43. The summed E-state index contributed by atoms with van der Waals surface area (Å²) in [6, 6.07) is 10.1. The molecule has 3 aromatic rings.